The largest absolute Gasteiger partial charge is 0.494 e. The maximum absolute atomic E-state index is 12.2. The number of hydrogen-bond acceptors (Lipinski definition) is 3. The summed E-state index contributed by atoms with van der Waals surface area (Å²) in [6.07, 6.45) is 2.78. The molecule has 1 saturated heterocycles. The van der Waals surface area contributed by atoms with Crippen LogP contribution in [0.4, 0.5) is 0 Å². The highest BCUT2D eigenvalue weighted by atomic mass is 16.5. The van der Waals surface area contributed by atoms with Crippen molar-refractivity contribution in [1.29, 1.82) is 0 Å². The minimum Gasteiger partial charge on any atom is -0.494 e. The van der Waals surface area contributed by atoms with Gasteiger partial charge in [-0.25, -0.2) is 0 Å². The zero-order chi connectivity index (χ0) is 15.9. The number of amides is 1. The molecule has 1 aromatic carbocycles. The Morgan fingerprint density at radius 2 is 2.23 bits per heavy atom. The number of rotatable bonds is 7. The smallest absolute Gasteiger partial charge is 0.305 e. The van der Waals surface area contributed by atoms with Crippen LogP contribution >= 0.6 is 0 Å². The molecule has 1 fully saturated rings. The average Bonchev–Trinajstić information content (AvgIpc) is 2.91. The van der Waals surface area contributed by atoms with Crippen molar-refractivity contribution in [3.05, 3.63) is 29.8 Å². The summed E-state index contributed by atoms with van der Waals surface area (Å²) in [5.41, 5.74) is 1.14. The van der Waals surface area contributed by atoms with Crippen LogP contribution in [0.2, 0.25) is 0 Å². The molecule has 1 aliphatic heterocycles. The number of carboxylic acids is 1. The molecule has 1 unspecified atom stereocenters. The van der Waals surface area contributed by atoms with Gasteiger partial charge in [-0.2, -0.15) is 0 Å². The molecular formula is C17H23NO4. The molecule has 0 spiro atoms. The van der Waals surface area contributed by atoms with Gasteiger partial charge in [0.2, 0.25) is 5.91 Å². The second-order valence-electron chi connectivity index (χ2n) is 5.75. The summed E-state index contributed by atoms with van der Waals surface area (Å²) in [5, 5.41) is 8.88. The standard InChI is InChI=1S/C17H23NO4/c1-13-5-2-7-15(11-13)22-10-4-8-16(19)18-9-3-6-14(18)12-17(20)21/h2,5,7,11,14H,3-4,6,8-10,12H2,1H3,(H,20,21). The molecule has 120 valence electrons. The molecule has 2 rings (SSSR count). The molecule has 1 heterocycles. The van der Waals surface area contributed by atoms with Crippen LogP contribution in [-0.4, -0.2) is 41.1 Å². The molecule has 0 aromatic heterocycles. The number of carbonyl (C=O) groups is 2. The number of likely N-dealkylation sites (tertiary alicyclic amines) is 1. The fourth-order valence-electron chi connectivity index (χ4n) is 2.84. The van der Waals surface area contributed by atoms with Crippen molar-refractivity contribution in [1.82, 2.24) is 4.90 Å². The molecule has 0 bridgehead atoms. The van der Waals surface area contributed by atoms with E-state index in [-0.39, 0.29) is 18.4 Å². The SMILES string of the molecule is Cc1cccc(OCCCC(=O)N2CCCC2CC(=O)O)c1. The second-order valence-corrected chi connectivity index (χ2v) is 5.75. The van der Waals surface area contributed by atoms with Gasteiger partial charge in [0.25, 0.3) is 0 Å². The minimum atomic E-state index is -0.840. The van der Waals surface area contributed by atoms with E-state index in [1.165, 1.54) is 0 Å². The predicted octanol–water partition coefficient (Wildman–Crippen LogP) is 2.62. The minimum absolute atomic E-state index is 0.0385. The molecule has 1 N–H and O–H groups in total. The third-order valence-electron chi connectivity index (χ3n) is 3.90. The highest BCUT2D eigenvalue weighted by Gasteiger charge is 2.29. The summed E-state index contributed by atoms with van der Waals surface area (Å²) in [6.45, 7) is 3.18. The highest BCUT2D eigenvalue weighted by Crippen LogP contribution is 2.21. The molecule has 22 heavy (non-hydrogen) atoms. The molecule has 0 saturated carbocycles. The van der Waals surface area contributed by atoms with Crippen molar-refractivity contribution in [2.24, 2.45) is 0 Å². The van der Waals surface area contributed by atoms with E-state index in [9.17, 15) is 9.59 Å². The Morgan fingerprint density at radius 3 is 2.95 bits per heavy atom. The van der Waals surface area contributed by atoms with E-state index in [1.54, 1.807) is 4.90 Å². The summed E-state index contributed by atoms with van der Waals surface area (Å²) >= 11 is 0. The fourth-order valence-corrected chi connectivity index (χ4v) is 2.84. The maximum Gasteiger partial charge on any atom is 0.305 e. The lowest BCUT2D eigenvalue weighted by Crippen LogP contribution is -2.36. The van der Waals surface area contributed by atoms with Gasteiger partial charge < -0.3 is 14.7 Å². The molecule has 0 aliphatic carbocycles. The number of aryl methyl sites for hydroxylation is 1. The van der Waals surface area contributed by atoms with Crippen molar-refractivity contribution >= 4 is 11.9 Å². The number of ether oxygens (including phenoxy) is 1. The van der Waals surface area contributed by atoms with E-state index in [0.29, 0.717) is 26.0 Å². The predicted molar refractivity (Wildman–Crippen MR) is 82.9 cm³/mol. The number of aliphatic carboxylic acids is 1. The van der Waals surface area contributed by atoms with Crippen molar-refractivity contribution in [2.75, 3.05) is 13.2 Å². The number of benzene rings is 1. The first-order valence-electron chi connectivity index (χ1n) is 7.77. The van der Waals surface area contributed by atoms with Gasteiger partial charge in [-0.3, -0.25) is 9.59 Å². The molecule has 0 radical (unpaired) electrons. The lowest BCUT2D eigenvalue weighted by Gasteiger charge is -2.23. The third-order valence-corrected chi connectivity index (χ3v) is 3.90. The first-order chi connectivity index (χ1) is 10.6. The van der Waals surface area contributed by atoms with Crippen LogP contribution in [-0.2, 0) is 9.59 Å². The Balaban J connectivity index is 1.72. The zero-order valence-electron chi connectivity index (χ0n) is 13.0. The summed E-state index contributed by atoms with van der Waals surface area (Å²) < 4.78 is 5.63. The van der Waals surface area contributed by atoms with Crippen molar-refractivity contribution in [2.45, 2.75) is 45.1 Å². The maximum atomic E-state index is 12.2. The number of carbonyl (C=O) groups excluding carboxylic acids is 1. The first-order valence-corrected chi connectivity index (χ1v) is 7.77. The van der Waals surface area contributed by atoms with Crippen LogP contribution in [0.25, 0.3) is 0 Å². The molecule has 1 aliphatic rings. The number of nitrogens with zero attached hydrogens (tertiary/aromatic N) is 1. The normalized spacial score (nSPS) is 17.5. The van der Waals surface area contributed by atoms with Crippen LogP contribution in [0.5, 0.6) is 5.75 Å². The Morgan fingerprint density at radius 1 is 1.41 bits per heavy atom. The van der Waals surface area contributed by atoms with Crippen LogP contribution < -0.4 is 4.74 Å². The molecular weight excluding hydrogens is 282 g/mol. The lowest BCUT2D eigenvalue weighted by molar-refractivity contribution is -0.139. The van der Waals surface area contributed by atoms with Crippen LogP contribution in [0, 0.1) is 6.92 Å². The topological polar surface area (TPSA) is 66.8 Å². The molecule has 1 atom stereocenters. The van der Waals surface area contributed by atoms with E-state index in [0.717, 1.165) is 24.2 Å². The van der Waals surface area contributed by atoms with E-state index < -0.39 is 5.97 Å². The summed E-state index contributed by atoms with van der Waals surface area (Å²) in [6, 6.07) is 7.68. The van der Waals surface area contributed by atoms with Gasteiger partial charge in [0, 0.05) is 19.0 Å². The number of carboxylic acid groups (broad SMARTS) is 1. The zero-order valence-corrected chi connectivity index (χ0v) is 13.0. The Hall–Kier alpha value is -2.04. The lowest BCUT2D eigenvalue weighted by atomic mass is 10.1. The van der Waals surface area contributed by atoms with Crippen molar-refractivity contribution in [3.63, 3.8) is 0 Å². The summed E-state index contributed by atoms with van der Waals surface area (Å²) in [7, 11) is 0. The Labute approximate surface area is 130 Å². The Kier molecular flexibility index (Phi) is 5.81. The van der Waals surface area contributed by atoms with Gasteiger partial charge in [-0.1, -0.05) is 12.1 Å². The van der Waals surface area contributed by atoms with E-state index in [1.807, 2.05) is 31.2 Å². The molecule has 1 amide bonds. The third kappa shape index (κ3) is 4.76. The van der Waals surface area contributed by atoms with Crippen LogP contribution in [0.15, 0.2) is 24.3 Å². The van der Waals surface area contributed by atoms with Gasteiger partial charge >= 0.3 is 5.97 Å². The van der Waals surface area contributed by atoms with E-state index >= 15 is 0 Å². The quantitative estimate of drug-likeness (QED) is 0.786. The van der Waals surface area contributed by atoms with Crippen molar-refractivity contribution < 1.29 is 19.4 Å². The monoisotopic (exact) mass is 305 g/mol. The fraction of sp³-hybridized carbons (Fsp3) is 0.529. The molecule has 1 aromatic rings. The van der Waals surface area contributed by atoms with Gasteiger partial charge in [0.15, 0.2) is 0 Å². The van der Waals surface area contributed by atoms with Crippen LogP contribution in [0.1, 0.15) is 37.7 Å². The van der Waals surface area contributed by atoms with Gasteiger partial charge in [-0.05, 0) is 43.9 Å². The van der Waals surface area contributed by atoms with Gasteiger partial charge in [0.1, 0.15) is 5.75 Å². The molecule has 5 nitrogen and oxygen atoms in total. The average molecular weight is 305 g/mol. The van der Waals surface area contributed by atoms with Gasteiger partial charge in [-0.15, -0.1) is 0 Å². The highest BCUT2D eigenvalue weighted by molar-refractivity contribution is 5.78. The van der Waals surface area contributed by atoms with Gasteiger partial charge in [0.05, 0.1) is 13.0 Å². The van der Waals surface area contributed by atoms with E-state index in [2.05, 4.69) is 0 Å². The van der Waals surface area contributed by atoms with E-state index in [4.69, 9.17) is 9.84 Å². The van der Waals surface area contributed by atoms with Crippen molar-refractivity contribution in [3.8, 4) is 5.75 Å². The summed E-state index contributed by atoms with van der Waals surface area (Å²) in [5.74, 6) is 0.0152. The first kappa shape index (κ1) is 16.3. The van der Waals surface area contributed by atoms with Crippen LogP contribution in [0.3, 0.4) is 0 Å². The second kappa shape index (κ2) is 7.82. The Bertz CT molecular complexity index is 529. The molecule has 5 heteroatoms. The number of hydrogen-bond donors (Lipinski definition) is 1. The summed E-state index contributed by atoms with van der Waals surface area (Å²) in [4.78, 5) is 24.7.